The maximum atomic E-state index is 11.9. The zero-order chi connectivity index (χ0) is 12.7. The van der Waals surface area contributed by atoms with Crippen LogP contribution in [0.25, 0.3) is 11.5 Å². The summed E-state index contributed by atoms with van der Waals surface area (Å²) in [5.41, 5.74) is 1.49. The van der Waals surface area contributed by atoms with Crippen molar-refractivity contribution in [3.63, 3.8) is 0 Å². The Morgan fingerprint density at radius 2 is 2.17 bits per heavy atom. The maximum absolute atomic E-state index is 11.9. The number of halogens is 1. The fourth-order valence-corrected chi connectivity index (χ4v) is 2.51. The molecule has 2 heterocycles. The first-order chi connectivity index (χ1) is 8.65. The van der Waals surface area contributed by atoms with Crippen molar-refractivity contribution in [1.82, 2.24) is 19.9 Å². The third kappa shape index (κ3) is 2.16. The first-order valence-corrected chi connectivity index (χ1v) is 6.83. The van der Waals surface area contributed by atoms with Gasteiger partial charge >= 0.3 is 0 Å². The summed E-state index contributed by atoms with van der Waals surface area (Å²) >= 11 is 2.06. The molecule has 92 valence electrons. The normalized spacial score (nSPS) is 14.8. The second-order valence-electron chi connectivity index (χ2n) is 4.38. The molecule has 1 aliphatic carbocycles. The molecule has 1 saturated carbocycles. The summed E-state index contributed by atoms with van der Waals surface area (Å²) in [6.45, 7) is 1.82. The van der Waals surface area contributed by atoms with Gasteiger partial charge < -0.3 is 4.98 Å². The van der Waals surface area contributed by atoms with Crippen LogP contribution in [-0.4, -0.2) is 19.9 Å². The molecule has 2 aromatic heterocycles. The zero-order valence-electron chi connectivity index (χ0n) is 9.77. The van der Waals surface area contributed by atoms with E-state index in [9.17, 15) is 4.79 Å². The van der Waals surface area contributed by atoms with Crippen molar-refractivity contribution in [2.75, 3.05) is 0 Å². The molecule has 1 aliphatic rings. The van der Waals surface area contributed by atoms with Crippen LogP contribution >= 0.6 is 22.6 Å². The summed E-state index contributed by atoms with van der Waals surface area (Å²) in [6, 6.07) is 1.76. The molecule has 3 rings (SSSR count). The highest BCUT2D eigenvalue weighted by Gasteiger charge is 2.29. The monoisotopic (exact) mass is 354 g/mol. The standard InChI is InChI=1S/C12H11IN4O/c1-6-14-5-4-8(15-6)11-16-10(7-2-3-7)9(13)12(18)17-11/h4-5,7H,2-3H2,1H3,(H,16,17,18). The first kappa shape index (κ1) is 11.8. The minimum atomic E-state index is -0.0845. The lowest BCUT2D eigenvalue weighted by Crippen LogP contribution is -2.16. The second-order valence-corrected chi connectivity index (χ2v) is 5.46. The minimum absolute atomic E-state index is 0.0845. The summed E-state index contributed by atoms with van der Waals surface area (Å²) in [6.07, 6.45) is 3.91. The smallest absolute Gasteiger partial charge is 0.264 e. The molecule has 0 atom stereocenters. The molecule has 0 spiro atoms. The number of rotatable bonds is 2. The third-order valence-electron chi connectivity index (χ3n) is 2.87. The largest absolute Gasteiger partial charge is 0.304 e. The van der Waals surface area contributed by atoms with E-state index in [0.717, 1.165) is 18.5 Å². The minimum Gasteiger partial charge on any atom is -0.304 e. The zero-order valence-corrected chi connectivity index (χ0v) is 11.9. The molecular weight excluding hydrogens is 343 g/mol. The fourth-order valence-electron chi connectivity index (χ4n) is 1.81. The van der Waals surface area contributed by atoms with Gasteiger partial charge in [-0.15, -0.1) is 0 Å². The number of nitrogens with zero attached hydrogens (tertiary/aromatic N) is 3. The molecule has 0 aromatic carbocycles. The molecule has 0 saturated heterocycles. The predicted molar refractivity (Wildman–Crippen MR) is 75.3 cm³/mol. The van der Waals surface area contributed by atoms with Gasteiger partial charge in [-0.25, -0.2) is 15.0 Å². The third-order valence-corrected chi connectivity index (χ3v) is 3.91. The van der Waals surface area contributed by atoms with Crippen molar-refractivity contribution in [2.24, 2.45) is 0 Å². The van der Waals surface area contributed by atoms with E-state index in [2.05, 4.69) is 42.5 Å². The van der Waals surface area contributed by atoms with Crippen molar-refractivity contribution in [2.45, 2.75) is 25.7 Å². The first-order valence-electron chi connectivity index (χ1n) is 5.75. The molecule has 0 bridgehead atoms. The number of aromatic nitrogens is 4. The highest BCUT2D eigenvalue weighted by atomic mass is 127. The van der Waals surface area contributed by atoms with E-state index in [4.69, 9.17) is 0 Å². The van der Waals surface area contributed by atoms with Crippen molar-refractivity contribution in [3.05, 3.63) is 37.7 Å². The molecule has 1 N–H and O–H groups in total. The van der Waals surface area contributed by atoms with Crippen LogP contribution in [0.5, 0.6) is 0 Å². The number of aromatic amines is 1. The molecule has 2 aromatic rings. The lowest BCUT2D eigenvalue weighted by Gasteiger charge is -2.05. The van der Waals surface area contributed by atoms with Crippen LogP contribution < -0.4 is 5.56 Å². The highest BCUT2D eigenvalue weighted by molar-refractivity contribution is 14.1. The van der Waals surface area contributed by atoms with Crippen LogP contribution in [0.15, 0.2) is 17.1 Å². The van der Waals surface area contributed by atoms with Gasteiger partial charge in [0.2, 0.25) is 0 Å². The molecule has 0 unspecified atom stereocenters. The number of hydrogen-bond donors (Lipinski definition) is 1. The van der Waals surface area contributed by atoms with Gasteiger partial charge in [0.15, 0.2) is 5.82 Å². The van der Waals surface area contributed by atoms with E-state index in [1.165, 1.54) is 0 Å². The Balaban J connectivity index is 2.15. The van der Waals surface area contributed by atoms with E-state index in [1.807, 2.05) is 6.92 Å². The number of nitrogens with one attached hydrogen (secondary N) is 1. The summed E-state index contributed by atoms with van der Waals surface area (Å²) < 4.78 is 0.699. The Bertz CT molecular complexity index is 663. The number of aryl methyl sites for hydroxylation is 1. The predicted octanol–water partition coefficient (Wildman–Crippen LogP) is 2.02. The molecule has 0 radical (unpaired) electrons. The van der Waals surface area contributed by atoms with Crippen LogP contribution in [-0.2, 0) is 0 Å². The molecule has 1 fully saturated rings. The van der Waals surface area contributed by atoms with Gasteiger partial charge in [0.25, 0.3) is 5.56 Å². The van der Waals surface area contributed by atoms with Crippen molar-refractivity contribution in [1.29, 1.82) is 0 Å². The Hall–Kier alpha value is -1.31. The highest BCUT2D eigenvalue weighted by Crippen LogP contribution is 2.40. The Morgan fingerprint density at radius 3 is 2.83 bits per heavy atom. The van der Waals surface area contributed by atoms with Crippen LogP contribution in [0.3, 0.4) is 0 Å². The average molecular weight is 354 g/mol. The Morgan fingerprint density at radius 1 is 1.39 bits per heavy atom. The summed E-state index contributed by atoms with van der Waals surface area (Å²) in [5, 5.41) is 0. The summed E-state index contributed by atoms with van der Waals surface area (Å²) in [7, 11) is 0. The van der Waals surface area contributed by atoms with Gasteiger partial charge in [-0.2, -0.15) is 0 Å². The van der Waals surface area contributed by atoms with Crippen LogP contribution in [0, 0.1) is 10.5 Å². The van der Waals surface area contributed by atoms with E-state index in [0.29, 0.717) is 26.8 Å². The molecule has 5 nitrogen and oxygen atoms in total. The molecule has 0 aliphatic heterocycles. The van der Waals surface area contributed by atoms with Crippen LogP contribution in [0.1, 0.15) is 30.3 Å². The molecular formula is C12H11IN4O. The second kappa shape index (κ2) is 4.42. The van der Waals surface area contributed by atoms with Crippen LogP contribution in [0.2, 0.25) is 0 Å². The molecule has 18 heavy (non-hydrogen) atoms. The van der Waals surface area contributed by atoms with Crippen molar-refractivity contribution >= 4 is 22.6 Å². The fraction of sp³-hybridized carbons (Fsp3) is 0.333. The van der Waals surface area contributed by atoms with Gasteiger partial charge in [-0.05, 0) is 48.4 Å². The molecule has 0 amide bonds. The lowest BCUT2D eigenvalue weighted by atomic mass is 10.2. The Labute approximate surface area is 117 Å². The number of H-pyrrole nitrogens is 1. The average Bonchev–Trinajstić information content (AvgIpc) is 3.16. The van der Waals surface area contributed by atoms with E-state index in [-0.39, 0.29) is 5.56 Å². The van der Waals surface area contributed by atoms with Gasteiger partial charge in [0.05, 0.1) is 5.69 Å². The van der Waals surface area contributed by atoms with E-state index in [1.54, 1.807) is 12.3 Å². The number of hydrogen-bond acceptors (Lipinski definition) is 4. The van der Waals surface area contributed by atoms with E-state index < -0.39 is 0 Å². The van der Waals surface area contributed by atoms with Crippen molar-refractivity contribution < 1.29 is 0 Å². The summed E-state index contributed by atoms with van der Waals surface area (Å²) in [4.78, 5) is 27.6. The van der Waals surface area contributed by atoms with Gasteiger partial charge in [0.1, 0.15) is 15.1 Å². The SMILES string of the molecule is Cc1nccc(-c2nc(C3CC3)c(I)c(=O)[nH]2)n1. The summed E-state index contributed by atoms with van der Waals surface area (Å²) in [5.74, 6) is 1.65. The lowest BCUT2D eigenvalue weighted by molar-refractivity contribution is 0.943. The molecule has 6 heteroatoms. The van der Waals surface area contributed by atoms with Gasteiger partial charge in [0, 0.05) is 12.1 Å². The Kier molecular flexibility index (Phi) is 2.89. The van der Waals surface area contributed by atoms with E-state index >= 15 is 0 Å². The van der Waals surface area contributed by atoms with Crippen LogP contribution in [0.4, 0.5) is 0 Å². The van der Waals surface area contributed by atoms with Gasteiger partial charge in [-0.3, -0.25) is 4.79 Å². The topological polar surface area (TPSA) is 71.5 Å². The maximum Gasteiger partial charge on any atom is 0.264 e. The quantitative estimate of drug-likeness (QED) is 0.838. The van der Waals surface area contributed by atoms with Gasteiger partial charge in [-0.1, -0.05) is 0 Å². The van der Waals surface area contributed by atoms with Crippen molar-refractivity contribution in [3.8, 4) is 11.5 Å².